The highest BCUT2D eigenvalue weighted by Crippen LogP contribution is 2.23. The largest absolute Gasteiger partial charge is 0.347 e. The van der Waals surface area contributed by atoms with Gasteiger partial charge in [-0.25, -0.2) is 4.39 Å². The topological polar surface area (TPSA) is 57.8 Å². The van der Waals surface area contributed by atoms with E-state index >= 15 is 0 Å². The second kappa shape index (κ2) is 8.36. The number of carbonyl (C=O) groups is 1. The van der Waals surface area contributed by atoms with Gasteiger partial charge in [0.05, 0.1) is 0 Å². The summed E-state index contributed by atoms with van der Waals surface area (Å²) in [6.07, 6.45) is 1.59. The number of hydrogen-bond donors (Lipinski definition) is 1. The Morgan fingerprint density at radius 2 is 1.82 bits per heavy atom. The van der Waals surface area contributed by atoms with Gasteiger partial charge in [0.2, 0.25) is 0 Å². The van der Waals surface area contributed by atoms with E-state index in [9.17, 15) is 14.4 Å². The van der Waals surface area contributed by atoms with E-state index in [1.807, 2.05) is 60.9 Å². The van der Waals surface area contributed by atoms with E-state index in [2.05, 4.69) is 5.32 Å². The molecule has 1 aromatic heterocycles. The van der Waals surface area contributed by atoms with Crippen molar-refractivity contribution >= 4 is 12.0 Å². The number of nitrogens with zero attached hydrogens (tertiary/aromatic N) is 2. The molecule has 1 heterocycles. The van der Waals surface area contributed by atoms with Crippen LogP contribution in [0.25, 0.3) is 11.8 Å². The van der Waals surface area contributed by atoms with E-state index in [1.165, 1.54) is 12.1 Å². The molecule has 0 saturated carbocycles. The monoisotopic (exact) mass is 373 g/mol. The van der Waals surface area contributed by atoms with Crippen LogP contribution in [0.1, 0.15) is 22.5 Å². The summed E-state index contributed by atoms with van der Waals surface area (Å²) in [6.45, 7) is 4.18. The number of halogens is 1. The summed E-state index contributed by atoms with van der Waals surface area (Å²) in [5.41, 5.74) is 4.39. The van der Waals surface area contributed by atoms with Gasteiger partial charge in [-0.3, -0.25) is 4.79 Å². The molecule has 0 saturated heterocycles. The Kier molecular flexibility index (Phi) is 5.71. The van der Waals surface area contributed by atoms with Crippen molar-refractivity contribution in [3.63, 3.8) is 0 Å². The van der Waals surface area contributed by atoms with Crippen LogP contribution >= 0.6 is 0 Å². The Hall–Kier alpha value is -3.65. The average molecular weight is 373 g/mol. The van der Waals surface area contributed by atoms with Gasteiger partial charge in [-0.2, -0.15) is 5.26 Å². The van der Waals surface area contributed by atoms with E-state index in [0.717, 1.165) is 28.2 Å². The second-order valence-electron chi connectivity index (χ2n) is 6.48. The van der Waals surface area contributed by atoms with E-state index in [-0.39, 0.29) is 11.4 Å². The first kappa shape index (κ1) is 19.1. The number of nitrogens with one attached hydrogen (secondary N) is 1. The lowest BCUT2D eigenvalue weighted by Gasteiger charge is -2.09. The van der Waals surface area contributed by atoms with E-state index < -0.39 is 5.91 Å². The van der Waals surface area contributed by atoms with Crippen molar-refractivity contribution in [2.75, 3.05) is 0 Å². The lowest BCUT2D eigenvalue weighted by Crippen LogP contribution is -2.23. The molecule has 3 rings (SSSR count). The molecular weight excluding hydrogens is 353 g/mol. The zero-order valence-electron chi connectivity index (χ0n) is 15.7. The molecule has 5 heteroatoms. The van der Waals surface area contributed by atoms with E-state index in [4.69, 9.17) is 0 Å². The molecule has 3 aromatic rings. The molecule has 0 bridgehead atoms. The van der Waals surface area contributed by atoms with Crippen molar-refractivity contribution in [2.45, 2.75) is 20.4 Å². The summed E-state index contributed by atoms with van der Waals surface area (Å²) < 4.78 is 15.2. The summed E-state index contributed by atoms with van der Waals surface area (Å²) in [7, 11) is 0. The van der Waals surface area contributed by atoms with Crippen LogP contribution in [0.5, 0.6) is 0 Å². The number of nitriles is 1. The number of amides is 1. The van der Waals surface area contributed by atoms with E-state index in [1.54, 1.807) is 18.2 Å². The third-order valence-electron chi connectivity index (χ3n) is 4.52. The van der Waals surface area contributed by atoms with Crippen LogP contribution in [0.15, 0.2) is 66.2 Å². The first-order chi connectivity index (χ1) is 13.5. The van der Waals surface area contributed by atoms with Crippen LogP contribution in [0.4, 0.5) is 4.39 Å². The summed E-state index contributed by atoms with van der Waals surface area (Å²) in [6, 6.07) is 19.6. The maximum Gasteiger partial charge on any atom is 0.262 e. The first-order valence-corrected chi connectivity index (χ1v) is 8.88. The summed E-state index contributed by atoms with van der Waals surface area (Å²) in [4.78, 5) is 12.4. The fourth-order valence-corrected chi connectivity index (χ4v) is 3.10. The van der Waals surface area contributed by atoms with Crippen molar-refractivity contribution in [3.8, 4) is 11.8 Å². The molecule has 0 aliphatic carbocycles. The number of aromatic nitrogens is 1. The standard InChI is InChI=1S/C23H20FN3O/c1-16-12-19(17(2)27(16)22-10-8-21(24)9-11-22)13-20(14-25)23(28)26-15-18-6-4-3-5-7-18/h3-13H,15H2,1-2H3,(H,26,28)/b20-13-. The van der Waals surface area contributed by atoms with Crippen LogP contribution in [0.2, 0.25) is 0 Å². The van der Waals surface area contributed by atoms with Gasteiger partial charge in [0.25, 0.3) is 5.91 Å². The molecule has 0 aliphatic rings. The Balaban J connectivity index is 1.84. The Morgan fingerprint density at radius 3 is 2.46 bits per heavy atom. The molecule has 4 nitrogen and oxygen atoms in total. The van der Waals surface area contributed by atoms with Crippen molar-refractivity contribution in [1.29, 1.82) is 5.26 Å². The lowest BCUT2D eigenvalue weighted by molar-refractivity contribution is -0.117. The summed E-state index contributed by atoms with van der Waals surface area (Å²) in [5, 5.41) is 12.2. The third kappa shape index (κ3) is 4.18. The predicted octanol–water partition coefficient (Wildman–Crippen LogP) is 4.46. The van der Waals surface area contributed by atoms with Crippen molar-refractivity contribution in [3.05, 3.63) is 94.6 Å². The SMILES string of the molecule is Cc1cc(/C=C(/C#N)C(=O)NCc2ccccc2)c(C)n1-c1ccc(F)cc1. The molecule has 0 atom stereocenters. The highest BCUT2D eigenvalue weighted by molar-refractivity contribution is 6.01. The zero-order chi connectivity index (χ0) is 20.1. The molecule has 2 aromatic carbocycles. The van der Waals surface area contributed by atoms with Gasteiger partial charge < -0.3 is 9.88 Å². The Bertz CT molecular complexity index is 1060. The van der Waals surface area contributed by atoms with Crippen LogP contribution < -0.4 is 5.32 Å². The summed E-state index contributed by atoms with van der Waals surface area (Å²) in [5.74, 6) is -0.717. The minimum absolute atomic E-state index is 0.0373. The summed E-state index contributed by atoms with van der Waals surface area (Å²) >= 11 is 0. The van der Waals surface area contributed by atoms with Crippen LogP contribution in [0, 0.1) is 31.0 Å². The average Bonchev–Trinajstić information content (AvgIpc) is 2.99. The van der Waals surface area contributed by atoms with Crippen LogP contribution in [0.3, 0.4) is 0 Å². The maximum absolute atomic E-state index is 13.2. The van der Waals surface area contributed by atoms with Crippen molar-refractivity contribution in [2.24, 2.45) is 0 Å². The quantitative estimate of drug-likeness (QED) is 0.530. The fraction of sp³-hybridized carbons (Fsp3) is 0.130. The highest BCUT2D eigenvalue weighted by atomic mass is 19.1. The zero-order valence-corrected chi connectivity index (χ0v) is 15.7. The molecule has 0 aliphatic heterocycles. The van der Waals surface area contributed by atoms with Gasteiger partial charge in [-0.05, 0) is 61.4 Å². The molecule has 0 spiro atoms. The molecule has 1 amide bonds. The molecule has 0 radical (unpaired) electrons. The van der Waals surface area contributed by atoms with Gasteiger partial charge in [-0.15, -0.1) is 0 Å². The number of benzene rings is 2. The highest BCUT2D eigenvalue weighted by Gasteiger charge is 2.13. The molecular formula is C23H20FN3O. The Labute approximate surface area is 163 Å². The second-order valence-corrected chi connectivity index (χ2v) is 6.48. The van der Waals surface area contributed by atoms with Crippen molar-refractivity contribution in [1.82, 2.24) is 9.88 Å². The molecule has 0 unspecified atom stereocenters. The van der Waals surface area contributed by atoms with Gasteiger partial charge >= 0.3 is 0 Å². The Morgan fingerprint density at radius 1 is 1.14 bits per heavy atom. The number of aryl methyl sites for hydroxylation is 1. The fourth-order valence-electron chi connectivity index (χ4n) is 3.10. The maximum atomic E-state index is 13.2. The number of hydrogen-bond acceptors (Lipinski definition) is 2. The van der Waals surface area contributed by atoms with Gasteiger partial charge in [-0.1, -0.05) is 30.3 Å². The minimum atomic E-state index is -0.419. The first-order valence-electron chi connectivity index (χ1n) is 8.88. The lowest BCUT2D eigenvalue weighted by atomic mass is 10.1. The van der Waals surface area contributed by atoms with E-state index in [0.29, 0.717) is 6.54 Å². The molecule has 1 N–H and O–H groups in total. The van der Waals surface area contributed by atoms with Gasteiger partial charge in [0, 0.05) is 23.6 Å². The van der Waals surface area contributed by atoms with Crippen LogP contribution in [-0.2, 0) is 11.3 Å². The van der Waals surface area contributed by atoms with Gasteiger partial charge in [0.15, 0.2) is 0 Å². The molecule has 28 heavy (non-hydrogen) atoms. The number of rotatable bonds is 5. The molecule has 0 fully saturated rings. The smallest absolute Gasteiger partial charge is 0.262 e. The number of carbonyl (C=O) groups excluding carboxylic acids is 1. The minimum Gasteiger partial charge on any atom is -0.347 e. The molecule has 140 valence electrons. The predicted molar refractivity (Wildman–Crippen MR) is 107 cm³/mol. The third-order valence-corrected chi connectivity index (χ3v) is 4.52. The van der Waals surface area contributed by atoms with Gasteiger partial charge in [0.1, 0.15) is 17.5 Å². The normalized spacial score (nSPS) is 11.1. The van der Waals surface area contributed by atoms with Crippen LogP contribution in [-0.4, -0.2) is 10.5 Å². The van der Waals surface area contributed by atoms with Crippen molar-refractivity contribution < 1.29 is 9.18 Å².